The number of aromatic nitrogens is 5. The SMILES string of the molecule is Cc1nnc(SCc2nc(C(=O)N(CCC#N)Cc3cccnc3)cs2)n1-c1cccc(Cl)c1. The smallest absolute Gasteiger partial charge is 0.273 e. The van der Waals surface area contributed by atoms with Crippen LogP contribution in [0.5, 0.6) is 0 Å². The maximum absolute atomic E-state index is 13.1. The Morgan fingerprint density at radius 1 is 1.29 bits per heavy atom. The van der Waals surface area contributed by atoms with E-state index in [1.54, 1.807) is 22.7 Å². The van der Waals surface area contributed by atoms with E-state index in [1.807, 2.05) is 47.9 Å². The third-order valence-electron chi connectivity index (χ3n) is 4.83. The van der Waals surface area contributed by atoms with Gasteiger partial charge in [-0.25, -0.2) is 4.98 Å². The quantitative estimate of drug-likeness (QED) is 0.295. The normalized spacial score (nSPS) is 10.7. The van der Waals surface area contributed by atoms with E-state index < -0.39 is 0 Å². The zero-order valence-corrected chi connectivity index (χ0v) is 20.6. The number of rotatable bonds is 9. The van der Waals surface area contributed by atoms with Crippen LogP contribution in [0.1, 0.15) is 33.3 Å². The van der Waals surface area contributed by atoms with Crippen LogP contribution >= 0.6 is 34.7 Å². The summed E-state index contributed by atoms with van der Waals surface area (Å²) in [6.07, 6.45) is 3.65. The molecule has 0 saturated carbocycles. The fourth-order valence-electron chi connectivity index (χ4n) is 3.26. The van der Waals surface area contributed by atoms with Gasteiger partial charge in [-0.3, -0.25) is 14.3 Å². The first kappa shape index (κ1) is 23.9. The van der Waals surface area contributed by atoms with Crippen molar-refractivity contribution in [3.63, 3.8) is 0 Å². The van der Waals surface area contributed by atoms with Gasteiger partial charge >= 0.3 is 0 Å². The Bertz CT molecular complexity index is 1320. The fourth-order valence-corrected chi connectivity index (χ4v) is 5.23. The van der Waals surface area contributed by atoms with Gasteiger partial charge in [-0.2, -0.15) is 5.26 Å². The van der Waals surface area contributed by atoms with E-state index in [1.165, 1.54) is 23.1 Å². The number of hydrogen-bond donors (Lipinski definition) is 0. The van der Waals surface area contributed by atoms with Crippen LogP contribution < -0.4 is 0 Å². The van der Waals surface area contributed by atoms with E-state index in [0.717, 1.165) is 27.2 Å². The van der Waals surface area contributed by atoms with Gasteiger partial charge in [0.2, 0.25) is 0 Å². The first-order valence-corrected chi connectivity index (χ1v) is 12.6. The number of nitrogens with zero attached hydrogens (tertiary/aromatic N) is 7. The summed E-state index contributed by atoms with van der Waals surface area (Å²) in [5, 5.41) is 21.4. The Morgan fingerprint density at radius 2 is 2.18 bits per heavy atom. The molecule has 172 valence electrons. The molecule has 0 aliphatic carbocycles. The first-order chi connectivity index (χ1) is 16.5. The van der Waals surface area contributed by atoms with E-state index in [4.69, 9.17) is 16.9 Å². The molecule has 4 rings (SSSR count). The molecule has 0 aliphatic heterocycles. The number of carbonyl (C=O) groups is 1. The second-order valence-corrected chi connectivity index (χ2v) is 9.58. The molecule has 0 radical (unpaired) electrons. The standard InChI is InChI=1S/C23H20ClN7OS2/c1-16-28-29-23(31(16)19-7-2-6-18(24)11-19)34-15-21-27-20(14-33-21)22(32)30(10-4-8-25)13-17-5-3-9-26-12-17/h2-3,5-7,9,11-12,14H,4,10,13,15H2,1H3. The van der Waals surface area contributed by atoms with E-state index in [-0.39, 0.29) is 12.3 Å². The summed E-state index contributed by atoms with van der Waals surface area (Å²) in [4.78, 5) is 23.4. The second kappa shape index (κ2) is 11.2. The van der Waals surface area contributed by atoms with Gasteiger partial charge in [0, 0.05) is 35.9 Å². The number of pyridine rings is 1. The molecule has 0 N–H and O–H groups in total. The molecule has 0 bridgehead atoms. The van der Waals surface area contributed by atoms with Crippen LogP contribution in [0.4, 0.5) is 0 Å². The number of carbonyl (C=O) groups excluding carboxylic acids is 1. The molecule has 0 saturated heterocycles. The number of amides is 1. The molecular formula is C23H20ClN7OS2. The predicted octanol–water partition coefficient (Wildman–Crippen LogP) is 4.93. The highest BCUT2D eigenvalue weighted by Crippen LogP contribution is 2.27. The Labute approximate surface area is 210 Å². The number of hydrogen-bond acceptors (Lipinski definition) is 8. The lowest BCUT2D eigenvalue weighted by atomic mass is 10.2. The van der Waals surface area contributed by atoms with Gasteiger partial charge in [0.15, 0.2) is 5.16 Å². The Balaban J connectivity index is 1.46. The molecule has 0 aliphatic rings. The van der Waals surface area contributed by atoms with Crippen molar-refractivity contribution in [3.8, 4) is 11.8 Å². The van der Waals surface area contributed by atoms with Gasteiger partial charge in [0.25, 0.3) is 5.91 Å². The molecule has 0 atom stereocenters. The van der Waals surface area contributed by atoms with Crippen LogP contribution in [-0.2, 0) is 12.3 Å². The minimum atomic E-state index is -0.204. The predicted molar refractivity (Wildman–Crippen MR) is 132 cm³/mol. The number of nitriles is 1. The molecule has 11 heteroatoms. The van der Waals surface area contributed by atoms with Crippen LogP contribution in [0.3, 0.4) is 0 Å². The molecular weight excluding hydrogens is 490 g/mol. The molecule has 0 spiro atoms. The summed E-state index contributed by atoms with van der Waals surface area (Å²) < 4.78 is 1.94. The highest BCUT2D eigenvalue weighted by molar-refractivity contribution is 7.98. The lowest BCUT2D eigenvalue weighted by Crippen LogP contribution is -2.31. The molecule has 1 amide bonds. The van der Waals surface area contributed by atoms with Gasteiger partial charge in [0.1, 0.15) is 16.5 Å². The molecule has 8 nitrogen and oxygen atoms in total. The van der Waals surface area contributed by atoms with Crippen molar-refractivity contribution in [2.45, 2.75) is 30.8 Å². The monoisotopic (exact) mass is 509 g/mol. The number of thioether (sulfide) groups is 1. The maximum atomic E-state index is 13.1. The Kier molecular flexibility index (Phi) is 7.90. The minimum absolute atomic E-state index is 0.204. The highest BCUT2D eigenvalue weighted by atomic mass is 35.5. The molecule has 34 heavy (non-hydrogen) atoms. The van der Waals surface area contributed by atoms with Crippen molar-refractivity contribution >= 4 is 40.6 Å². The summed E-state index contributed by atoms with van der Waals surface area (Å²) >= 11 is 9.06. The van der Waals surface area contributed by atoms with E-state index in [0.29, 0.717) is 29.6 Å². The minimum Gasteiger partial charge on any atom is -0.332 e. The Morgan fingerprint density at radius 3 is 2.94 bits per heavy atom. The van der Waals surface area contributed by atoms with Gasteiger partial charge in [-0.1, -0.05) is 35.5 Å². The van der Waals surface area contributed by atoms with Crippen molar-refractivity contribution in [2.75, 3.05) is 6.54 Å². The molecule has 0 unspecified atom stereocenters. The third kappa shape index (κ3) is 5.80. The summed E-state index contributed by atoms with van der Waals surface area (Å²) in [5.74, 6) is 1.09. The van der Waals surface area contributed by atoms with Crippen molar-refractivity contribution < 1.29 is 4.79 Å². The fraction of sp³-hybridized carbons (Fsp3) is 0.217. The second-order valence-electron chi connectivity index (χ2n) is 7.26. The largest absolute Gasteiger partial charge is 0.332 e. The summed E-state index contributed by atoms with van der Waals surface area (Å²) in [7, 11) is 0. The lowest BCUT2D eigenvalue weighted by Gasteiger charge is -2.20. The highest BCUT2D eigenvalue weighted by Gasteiger charge is 2.20. The van der Waals surface area contributed by atoms with Crippen molar-refractivity contribution in [1.82, 2.24) is 29.6 Å². The topological polar surface area (TPSA) is 101 Å². The van der Waals surface area contributed by atoms with E-state index in [2.05, 4.69) is 26.2 Å². The van der Waals surface area contributed by atoms with Crippen molar-refractivity contribution in [2.24, 2.45) is 0 Å². The zero-order valence-electron chi connectivity index (χ0n) is 18.3. The molecule has 3 aromatic heterocycles. The summed E-state index contributed by atoms with van der Waals surface area (Å²) in [6, 6.07) is 13.3. The summed E-state index contributed by atoms with van der Waals surface area (Å²) in [6.45, 7) is 2.59. The number of halogens is 1. The number of aryl methyl sites for hydroxylation is 1. The van der Waals surface area contributed by atoms with Crippen molar-refractivity contribution in [1.29, 1.82) is 5.26 Å². The maximum Gasteiger partial charge on any atom is 0.273 e. The molecule has 4 aromatic rings. The van der Waals surface area contributed by atoms with Crippen LogP contribution in [0.2, 0.25) is 5.02 Å². The summed E-state index contributed by atoms with van der Waals surface area (Å²) in [5.41, 5.74) is 2.15. The van der Waals surface area contributed by atoms with Gasteiger partial charge in [-0.05, 0) is 36.8 Å². The average Bonchev–Trinajstić information content (AvgIpc) is 3.47. The molecule has 3 heterocycles. The van der Waals surface area contributed by atoms with Crippen LogP contribution in [-0.4, -0.2) is 42.1 Å². The van der Waals surface area contributed by atoms with E-state index >= 15 is 0 Å². The van der Waals surface area contributed by atoms with Crippen LogP contribution in [0.25, 0.3) is 5.69 Å². The third-order valence-corrected chi connectivity index (χ3v) is 7.04. The van der Waals surface area contributed by atoms with Gasteiger partial charge in [0.05, 0.1) is 23.9 Å². The van der Waals surface area contributed by atoms with Crippen molar-refractivity contribution in [3.05, 3.63) is 81.3 Å². The van der Waals surface area contributed by atoms with Gasteiger partial charge < -0.3 is 4.90 Å². The van der Waals surface area contributed by atoms with E-state index in [9.17, 15) is 4.79 Å². The Hall–Kier alpha value is -3.26. The first-order valence-electron chi connectivity index (χ1n) is 10.4. The molecule has 0 fully saturated rings. The van der Waals surface area contributed by atoms with Crippen LogP contribution in [0.15, 0.2) is 59.3 Å². The lowest BCUT2D eigenvalue weighted by molar-refractivity contribution is 0.0741. The zero-order chi connectivity index (χ0) is 23.9. The number of benzene rings is 1. The number of thiazole rings is 1. The average molecular weight is 510 g/mol. The van der Waals surface area contributed by atoms with Gasteiger partial charge in [-0.15, -0.1) is 21.5 Å². The van der Waals surface area contributed by atoms with Crippen LogP contribution in [0, 0.1) is 18.3 Å². The molecule has 1 aromatic carbocycles.